The minimum absolute atomic E-state index is 0.00786. The lowest BCUT2D eigenvalue weighted by Crippen LogP contribution is -2.56. The summed E-state index contributed by atoms with van der Waals surface area (Å²) < 4.78 is 10.5. The zero-order valence-electron chi connectivity index (χ0n) is 13.9. The molecule has 0 aliphatic carbocycles. The van der Waals surface area contributed by atoms with Crippen LogP contribution in [0.1, 0.15) is 25.3 Å². The van der Waals surface area contributed by atoms with Gasteiger partial charge >= 0.3 is 0 Å². The van der Waals surface area contributed by atoms with Crippen LogP contribution in [0.4, 0.5) is 0 Å². The van der Waals surface area contributed by atoms with Gasteiger partial charge in [0.2, 0.25) is 11.8 Å². The summed E-state index contributed by atoms with van der Waals surface area (Å²) in [4.78, 5) is 26.0. The number of amides is 2. The van der Waals surface area contributed by atoms with Crippen LogP contribution >= 0.6 is 0 Å². The Bertz CT molecular complexity index is 551. The summed E-state index contributed by atoms with van der Waals surface area (Å²) in [5, 5.41) is 2.81. The highest BCUT2D eigenvalue weighted by Gasteiger charge is 2.31. The van der Waals surface area contributed by atoms with Gasteiger partial charge in [-0.05, 0) is 30.5 Å². The lowest BCUT2D eigenvalue weighted by molar-refractivity contribution is -0.143. The molecule has 0 bridgehead atoms. The Morgan fingerprint density at radius 3 is 2.48 bits per heavy atom. The van der Waals surface area contributed by atoms with Crippen LogP contribution in [0.3, 0.4) is 0 Å². The first-order chi connectivity index (χ1) is 11.1. The molecule has 1 N–H and O–H groups in total. The molecule has 1 fully saturated rings. The molecule has 0 unspecified atom stereocenters. The number of piperazine rings is 1. The molecule has 1 aliphatic rings. The molecule has 1 heterocycles. The number of nitrogens with zero attached hydrogens (tertiary/aromatic N) is 1. The van der Waals surface area contributed by atoms with Gasteiger partial charge in [0.25, 0.3) is 0 Å². The van der Waals surface area contributed by atoms with Gasteiger partial charge in [-0.1, -0.05) is 6.92 Å². The molecule has 2 amide bonds. The van der Waals surface area contributed by atoms with Gasteiger partial charge in [-0.15, -0.1) is 0 Å². The van der Waals surface area contributed by atoms with Crippen LogP contribution < -0.4 is 14.8 Å². The van der Waals surface area contributed by atoms with Crippen LogP contribution in [0, 0.1) is 0 Å². The van der Waals surface area contributed by atoms with Crippen molar-refractivity contribution in [3.8, 4) is 11.5 Å². The number of rotatable bonds is 6. The molecule has 0 spiro atoms. The van der Waals surface area contributed by atoms with E-state index >= 15 is 0 Å². The molecule has 1 aromatic rings. The first-order valence-electron chi connectivity index (χ1n) is 7.88. The van der Waals surface area contributed by atoms with E-state index in [2.05, 4.69) is 5.32 Å². The fourth-order valence-corrected chi connectivity index (χ4v) is 2.82. The summed E-state index contributed by atoms with van der Waals surface area (Å²) in [5.74, 6) is 1.36. The monoisotopic (exact) mass is 320 g/mol. The molecule has 0 saturated carbocycles. The lowest BCUT2D eigenvalue weighted by atomic mass is 10.1. The number of benzene rings is 1. The number of hydrogen-bond donors (Lipinski definition) is 1. The normalized spacial score (nSPS) is 17.6. The second-order valence-corrected chi connectivity index (χ2v) is 5.52. The largest absolute Gasteiger partial charge is 0.497 e. The topological polar surface area (TPSA) is 67.9 Å². The lowest BCUT2D eigenvalue weighted by Gasteiger charge is -2.34. The molecule has 6 heteroatoms. The zero-order valence-corrected chi connectivity index (χ0v) is 13.9. The van der Waals surface area contributed by atoms with Crippen molar-refractivity contribution in [2.75, 3.05) is 27.3 Å². The number of nitrogens with one attached hydrogen (secondary N) is 1. The average molecular weight is 320 g/mol. The summed E-state index contributed by atoms with van der Waals surface area (Å²) in [6, 6.07) is 5.25. The van der Waals surface area contributed by atoms with Crippen molar-refractivity contribution < 1.29 is 19.1 Å². The van der Waals surface area contributed by atoms with Crippen LogP contribution in [0.5, 0.6) is 11.5 Å². The number of hydrogen-bond acceptors (Lipinski definition) is 4. The maximum absolute atomic E-state index is 12.5. The first kappa shape index (κ1) is 17.1. The molecule has 1 atom stereocenters. The van der Waals surface area contributed by atoms with E-state index < -0.39 is 0 Å². The van der Waals surface area contributed by atoms with Crippen LogP contribution in [0.2, 0.25) is 0 Å². The molecule has 0 aromatic heterocycles. The number of methoxy groups -OCH3 is 2. The molecule has 1 aliphatic heterocycles. The van der Waals surface area contributed by atoms with Crippen LogP contribution in [-0.4, -0.2) is 50.1 Å². The third-order valence-electron chi connectivity index (χ3n) is 4.08. The minimum Gasteiger partial charge on any atom is -0.497 e. The Balaban J connectivity index is 2.02. The predicted octanol–water partition coefficient (Wildman–Crippen LogP) is 1.37. The summed E-state index contributed by atoms with van der Waals surface area (Å²) in [7, 11) is 3.20. The van der Waals surface area contributed by atoms with E-state index in [1.54, 1.807) is 25.2 Å². The Labute approximate surface area is 136 Å². The Hall–Kier alpha value is -2.24. The van der Waals surface area contributed by atoms with Gasteiger partial charge in [-0.25, -0.2) is 0 Å². The average Bonchev–Trinajstić information content (AvgIpc) is 2.58. The van der Waals surface area contributed by atoms with Crippen molar-refractivity contribution in [2.24, 2.45) is 0 Å². The van der Waals surface area contributed by atoms with Gasteiger partial charge in [0.1, 0.15) is 17.5 Å². The second kappa shape index (κ2) is 7.85. The maximum Gasteiger partial charge on any atom is 0.242 e. The summed E-state index contributed by atoms with van der Waals surface area (Å²) in [6.07, 6.45) is 1.58. The smallest absolute Gasteiger partial charge is 0.242 e. The van der Waals surface area contributed by atoms with Crippen molar-refractivity contribution in [3.05, 3.63) is 23.8 Å². The van der Waals surface area contributed by atoms with Crippen molar-refractivity contribution in [1.29, 1.82) is 0 Å². The van der Waals surface area contributed by atoms with E-state index in [0.29, 0.717) is 43.9 Å². The molecular weight excluding hydrogens is 296 g/mol. The highest BCUT2D eigenvalue weighted by atomic mass is 16.5. The predicted molar refractivity (Wildman–Crippen MR) is 86.7 cm³/mol. The summed E-state index contributed by atoms with van der Waals surface area (Å²) in [6.45, 7) is 3.02. The van der Waals surface area contributed by atoms with E-state index in [1.165, 1.54) is 0 Å². The zero-order chi connectivity index (χ0) is 16.8. The quantitative estimate of drug-likeness (QED) is 0.860. The standard InChI is InChI=1S/C17H24N2O4/c1-4-15-17(21)18-7-8-19(15)16(20)6-5-12-9-13(22-2)11-14(10-12)23-3/h9-11,15H,4-8H2,1-3H3,(H,18,21)/t15-/m1/s1. The summed E-state index contributed by atoms with van der Waals surface area (Å²) in [5.41, 5.74) is 0.976. The Morgan fingerprint density at radius 1 is 1.26 bits per heavy atom. The number of carbonyl (C=O) groups is 2. The number of ether oxygens (including phenoxy) is 2. The molecule has 23 heavy (non-hydrogen) atoms. The van der Waals surface area contributed by atoms with Crippen LogP contribution in [0.25, 0.3) is 0 Å². The molecule has 0 radical (unpaired) electrons. The fourth-order valence-electron chi connectivity index (χ4n) is 2.82. The van der Waals surface area contributed by atoms with Crippen molar-refractivity contribution in [2.45, 2.75) is 32.2 Å². The molecule has 126 valence electrons. The highest BCUT2D eigenvalue weighted by molar-refractivity contribution is 5.88. The fraction of sp³-hybridized carbons (Fsp3) is 0.529. The minimum atomic E-state index is -0.351. The molecule has 6 nitrogen and oxygen atoms in total. The van der Waals surface area contributed by atoms with Gasteiger partial charge < -0.3 is 19.7 Å². The number of carbonyl (C=O) groups excluding carboxylic acids is 2. The number of aryl methyl sites for hydroxylation is 1. The van der Waals surface area contributed by atoms with E-state index in [1.807, 2.05) is 19.1 Å². The Morgan fingerprint density at radius 2 is 1.91 bits per heavy atom. The highest BCUT2D eigenvalue weighted by Crippen LogP contribution is 2.23. The van der Waals surface area contributed by atoms with Gasteiger partial charge in [-0.3, -0.25) is 9.59 Å². The van der Waals surface area contributed by atoms with Crippen molar-refractivity contribution in [1.82, 2.24) is 10.2 Å². The van der Waals surface area contributed by atoms with E-state index in [9.17, 15) is 9.59 Å². The van der Waals surface area contributed by atoms with Crippen LogP contribution in [0.15, 0.2) is 18.2 Å². The maximum atomic E-state index is 12.5. The third-order valence-corrected chi connectivity index (χ3v) is 4.08. The second-order valence-electron chi connectivity index (χ2n) is 5.52. The van der Waals surface area contributed by atoms with Crippen molar-refractivity contribution in [3.63, 3.8) is 0 Å². The first-order valence-corrected chi connectivity index (χ1v) is 7.88. The van der Waals surface area contributed by atoms with Gasteiger partial charge in [0.05, 0.1) is 14.2 Å². The van der Waals surface area contributed by atoms with Crippen LogP contribution in [-0.2, 0) is 16.0 Å². The molecule has 1 aromatic carbocycles. The molecule has 2 rings (SSSR count). The van der Waals surface area contributed by atoms with Gasteiger partial charge in [0.15, 0.2) is 0 Å². The van der Waals surface area contributed by atoms with Crippen molar-refractivity contribution >= 4 is 11.8 Å². The van der Waals surface area contributed by atoms with E-state index in [4.69, 9.17) is 9.47 Å². The van der Waals surface area contributed by atoms with Gasteiger partial charge in [0, 0.05) is 25.6 Å². The van der Waals surface area contributed by atoms with Gasteiger partial charge in [-0.2, -0.15) is 0 Å². The SMILES string of the molecule is CC[C@@H]1C(=O)NCCN1C(=O)CCc1cc(OC)cc(OC)c1. The third kappa shape index (κ3) is 4.15. The molecule has 1 saturated heterocycles. The molecular formula is C17H24N2O4. The van der Waals surface area contributed by atoms with E-state index in [-0.39, 0.29) is 17.9 Å². The van der Waals surface area contributed by atoms with E-state index in [0.717, 1.165) is 5.56 Å². The Kier molecular flexibility index (Phi) is 5.84. The summed E-state index contributed by atoms with van der Waals surface area (Å²) >= 11 is 0.